The summed E-state index contributed by atoms with van der Waals surface area (Å²) in [6.45, 7) is 7.90. The minimum absolute atomic E-state index is 0.0992. The predicted molar refractivity (Wildman–Crippen MR) is 161 cm³/mol. The minimum atomic E-state index is -1.01. The lowest BCUT2D eigenvalue weighted by Crippen LogP contribution is -2.50. The van der Waals surface area contributed by atoms with Gasteiger partial charge in [-0.3, -0.25) is 9.59 Å². The van der Waals surface area contributed by atoms with Crippen molar-refractivity contribution in [3.8, 4) is 17.2 Å². The molecule has 10 nitrogen and oxygen atoms in total. The molecule has 3 aromatic carbocycles. The number of carbonyl (C=O) groups is 2. The number of nitrogens with one attached hydrogen (secondary N) is 1. The van der Waals surface area contributed by atoms with Crippen molar-refractivity contribution in [2.24, 2.45) is 0 Å². The monoisotopic (exact) mass is 573 g/mol. The number of amides is 2. The predicted octanol–water partition coefficient (Wildman–Crippen LogP) is 4.49. The second-order valence-electron chi connectivity index (χ2n) is 11.2. The van der Waals surface area contributed by atoms with E-state index in [1.807, 2.05) is 70.2 Å². The summed E-state index contributed by atoms with van der Waals surface area (Å²) in [6, 6.07) is 18.0. The fraction of sp³-hybridized carbons (Fsp3) is 0.375. The van der Waals surface area contributed by atoms with Gasteiger partial charge in [0.05, 0.1) is 26.8 Å². The normalized spacial score (nSPS) is 12.1. The van der Waals surface area contributed by atoms with E-state index < -0.39 is 11.6 Å². The number of fused-ring (bicyclic) bond motifs is 1. The lowest BCUT2D eigenvalue weighted by Gasteiger charge is -2.34. The molecule has 0 spiro atoms. The maximum atomic E-state index is 14.2. The van der Waals surface area contributed by atoms with Crippen molar-refractivity contribution >= 4 is 22.8 Å². The second-order valence-corrected chi connectivity index (χ2v) is 11.2. The van der Waals surface area contributed by atoms with E-state index in [1.165, 1.54) is 21.3 Å². The summed E-state index contributed by atoms with van der Waals surface area (Å²) >= 11 is 0. The molecule has 0 unspecified atom stereocenters. The summed E-state index contributed by atoms with van der Waals surface area (Å²) < 4.78 is 18.3. The Hall–Kier alpha value is -4.60. The highest BCUT2D eigenvalue weighted by atomic mass is 16.5. The molecule has 0 aliphatic carbocycles. The summed E-state index contributed by atoms with van der Waals surface area (Å²) in [5.41, 5.74) is 3.55. The first kappa shape index (κ1) is 30.4. The van der Waals surface area contributed by atoms with Crippen molar-refractivity contribution in [2.45, 2.75) is 52.2 Å². The number of nitrogens with zero attached hydrogens (tertiary/aromatic N) is 4. The van der Waals surface area contributed by atoms with Gasteiger partial charge < -0.3 is 24.4 Å². The Morgan fingerprint density at radius 3 is 2.26 bits per heavy atom. The van der Waals surface area contributed by atoms with E-state index in [1.54, 1.807) is 21.7 Å². The average molecular weight is 574 g/mol. The fourth-order valence-corrected chi connectivity index (χ4v) is 4.94. The Morgan fingerprint density at radius 1 is 0.952 bits per heavy atom. The Kier molecular flexibility index (Phi) is 9.35. The first-order valence-corrected chi connectivity index (χ1v) is 13.8. The zero-order valence-electron chi connectivity index (χ0n) is 25.3. The van der Waals surface area contributed by atoms with E-state index in [0.29, 0.717) is 34.7 Å². The lowest BCUT2D eigenvalue weighted by atomic mass is 9.99. The average Bonchev–Trinajstić information content (AvgIpc) is 3.35. The molecule has 1 heterocycles. The molecule has 0 aliphatic heterocycles. The zero-order chi connectivity index (χ0) is 30.4. The van der Waals surface area contributed by atoms with Crippen molar-refractivity contribution < 1.29 is 23.8 Å². The lowest BCUT2D eigenvalue weighted by molar-refractivity contribution is -0.142. The highest BCUT2D eigenvalue weighted by Gasteiger charge is 2.35. The quantitative estimate of drug-likeness (QED) is 0.282. The van der Waals surface area contributed by atoms with Crippen LogP contribution in [-0.4, -0.2) is 65.1 Å². The molecule has 0 saturated carbocycles. The Balaban J connectivity index is 1.83. The molecule has 222 valence electrons. The molecule has 42 heavy (non-hydrogen) atoms. The van der Waals surface area contributed by atoms with Crippen LogP contribution in [0.15, 0.2) is 60.7 Å². The molecular weight excluding hydrogens is 534 g/mol. The van der Waals surface area contributed by atoms with Gasteiger partial charge in [0.25, 0.3) is 0 Å². The number of hydrogen-bond donors (Lipinski definition) is 1. The van der Waals surface area contributed by atoms with Crippen molar-refractivity contribution in [3.05, 3.63) is 77.4 Å². The van der Waals surface area contributed by atoms with Gasteiger partial charge in [-0.25, -0.2) is 4.68 Å². The first-order valence-electron chi connectivity index (χ1n) is 13.8. The van der Waals surface area contributed by atoms with Gasteiger partial charge in [0.1, 0.15) is 18.1 Å². The Labute approximate surface area is 246 Å². The smallest absolute Gasteiger partial charge is 0.247 e. The Morgan fingerprint density at radius 2 is 1.64 bits per heavy atom. The summed E-state index contributed by atoms with van der Waals surface area (Å²) in [7, 11) is 4.55. The standard InChI is InChI=1S/C32H39N5O5/c1-21-11-10-12-22(17-21)15-16-36(28(38)20-37-25-14-9-8-13-24(25)34-35-37)29(31(39)33-32(2,3)4)23-18-26(40-5)30(42-7)27(19-23)41-6/h8-14,17-19,29H,15-16,20H2,1-7H3,(H,33,39)/t29-/m0/s1. The van der Waals surface area contributed by atoms with Crippen LogP contribution in [0.2, 0.25) is 0 Å². The van der Waals surface area contributed by atoms with Crippen LogP contribution in [0.4, 0.5) is 0 Å². The van der Waals surface area contributed by atoms with Gasteiger partial charge in [-0.2, -0.15) is 0 Å². The van der Waals surface area contributed by atoms with E-state index in [0.717, 1.165) is 16.6 Å². The summed E-state index contributed by atoms with van der Waals surface area (Å²) in [4.78, 5) is 29.9. The van der Waals surface area contributed by atoms with Gasteiger partial charge in [0.15, 0.2) is 11.5 Å². The zero-order valence-corrected chi connectivity index (χ0v) is 25.3. The largest absolute Gasteiger partial charge is 0.493 e. The van der Waals surface area contributed by atoms with E-state index in [9.17, 15) is 9.59 Å². The van der Waals surface area contributed by atoms with Crippen molar-refractivity contribution in [2.75, 3.05) is 27.9 Å². The van der Waals surface area contributed by atoms with Crippen molar-refractivity contribution in [3.63, 3.8) is 0 Å². The van der Waals surface area contributed by atoms with Crippen LogP contribution in [0.25, 0.3) is 11.0 Å². The third-order valence-corrected chi connectivity index (χ3v) is 6.81. The summed E-state index contributed by atoms with van der Waals surface area (Å²) in [5.74, 6) is 0.534. The molecule has 0 bridgehead atoms. The van der Waals surface area contributed by atoms with Gasteiger partial charge in [-0.15, -0.1) is 5.10 Å². The van der Waals surface area contributed by atoms with Gasteiger partial charge in [-0.05, 0) is 69.5 Å². The molecule has 0 saturated heterocycles. The van der Waals surface area contributed by atoms with Crippen LogP contribution in [0, 0.1) is 6.92 Å². The van der Waals surface area contributed by atoms with Crippen molar-refractivity contribution in [1.82, 2.24) is 25.2 Å². The molecule has 0 aliphatic rings. The molecule has 4 rings (SSSR count). The molecule has 0 fully saturated rings. The van der Waals surface area contributed by atoms with Crippen LogP contribution >= 0.6 is 0 Å². The number of aryl methyl sites for hydroxylation is 1. The fourth-order valence-electron chi connectivity index (χ4n) is 4.94. The first-order chi connectivity index (χ1) is 20.0. The molecule has 1 atom stereocenters. The molecule has 10 heteroatoms. The topological polar surface area (TPSA) is 108 Å². The molecule has 2 amide bonds. The maximum absolute atomic E-state index is 14.2. The number of hydrogen-bond acceptors (Lipinski definition) is 7. The number of para-hydroxylation sites is 1. The number of rotatable bonds is 11. The SMILES string of the molecule is COc1cc([C@@H](C(=O)NC(C)(C)C)N(CCc2cccc(C)c2)C(=O)Cn2nnc3ccccc32)cc(OC)c1OC. The van der Waals surface area contributed by atoms with Gasteiger partial charge >= 0.3 is 0 Å². The maximum Gasteiger partial charge on any atom is 0.247 e. The number of carbonyl (C=O) groups excluding carboxylic acids is 2. The number of benzene rings is 3. The van der Waals surface area contributed by atoms with Crippen LogP contribution in [0.5, 0.6) is 17.2 Å². The number of aromatic nitrogens is 3. The molecular formula is C32H39N5O5. The van der Waals surface area contributed by atoms with Gasteiger partial charge in [-0.1, -0.05) is 47.2 Å². The Bertz CT molecular complexity index is 1530. The summed E-state index contributed by atoms with van der Waals surface area (Å²) in [5, 5.41) is 11.5. The number of methoxy groups -OCH3 is 3. The minimum Gasteiger partial charge on any atom is -0.493 e. The van der Waals surface area contributed by atoms with Crippen LogP contribution in [0.1, 0.15) is 43.5 Å². The van der Waals surface area contributed by atoms with Crippen LogP contribution < -0.4 is 19.5 Å². The number of ether oxygens (including phenoxy) is 3. The van der Waals surface area contributed by atoms with E-state index in [-0.39, 0.29) is 24.9 Å². The van der Waals surface area contributed by atoms with Gasteiger partial charge in [0.2, 0.25) is 17.6 Å². The third-order valence-electron chi connectivity index (χ3n) is 6.81. The third kappa shape index (κ3) is 6.99. The highest BCUT2D eigenvalue weighted by molar-refractivity contribution is 5.90. The molecule has 0 radical (unpaired) electrons. The molecule has 4 aromatic rings. The van der Waals surface area contributed by atoms with Crippen molar-refractivity contribution in [1.29, 1.82) is 0 Å². The van der Waals surface area contributed by atoms with Crippen LogP contribution in [0.3, 0.4) is 0 Å². The van der Waals surface area contributed by atoms with Gasteiger partial charge in [0, 0.05) is 12.1 Å². The molecule has 1 aromatic heterocycles. The second kappa shape index (κ2) is 12.9. The van der Waals surface area contributed by atoms with E-state index >= 15 is 0 Å². The van der Waals surface area contributed by atoms with E-state index in [2.05, 4.69) is 21.7 Å². The highest BCUT2D eigenvalue weighted by Crippen LogP contribution is 2.41. The van der Waals surface area contributed by atoms with E-state index in [4.69, 9.17) is 14.2 Å². The molecule has 1 N–H and O–H groups in total. The summed E-state index contributed by atoms with van der Waals surface area (Å²) in [6.07, 6.45) is 0.537. The van der Waals surface area contributed by atoms with Crippen LogP contribution in [-0.2, 0) is 22.6 Å².